The third kappa shape index (κ3) is 7.39. The molecule has 162 valence electrons. The summed E-state index contributed by atoms with van der Waals surface area (Å²) in [6.07, 6.45) is 3.55. The lowest BCUT2D eigenvalue weighted by atomic mass is 10.0. The van der Waals surface area contributed by atoms with Crippen molar-refractivity contribution in [3.05, 3.63) is 114 Å². The lowest BCUT2D eigenvalue weighted by molar-refractivity contribution is -0.921. The van der Waals surface area contributed by atoms with Gasteiger partial charge >= 0.3 is 0 Å². The zero-order valence-electron chi connectivity index (χ0n) is 18.4. The molecule has 0 aliphatic carbocycles. The predicted octanol–water partition coefficient (Wildman–Crippen LogP) is 4.39. The maximum Gasteiger partial charge on any atom is 0.128 e. The fourth-order valence-electron chi connectivity index (χ4n) is 3.80. The number of rotatable bonds is 12. The van der Waals surface area contributed by atoms with E-state index in [1.54, 1.807) is 0 Å². The van der Waals surface area contributed by atoms with Crippen molar-refractivity contribution >= 4 is 0 Å². The minimum Gasteiger partial charge on any atom is -0.489 e. The highest BCUT2D eigenvalue weighted by molar-refractivity contribution is 5.29. The Labute approximate surface area is 186 Å². The van der Waals surface area contributed by atoms with E-state index >= 15 is 0 Å². The first-order chi connectivity index (χ1) is 15.2. The standard InChI is InChI=1S/C28H33NO2/c1-3-20-29(23(2)14-15-24-10-6-4-7-11-24)21-28(30)26-16-18-27(19-17-26)31-22-25-12-8-5-9-13-25/h3-13,16-19,23,28,30H,1,14-15,20-22H2,2H3/p+1. The van der Waals surface area contributed by atoms with Gasteiger partial charge < -0.3 is 14.7 Å². The molecule has 0 saturated heterocycles. The summed E-state index contributed by atoms with van der Waals surface area (Å²) in [6, 6.07) is 28.9. The van der Waals surface area contributed by atoms with Gasteiger partial charge in [-0.15, -0.1) is 0 Å². The average molecular weight is 417 g/mol. The Hall–Kier alpha value is -2.88. The Balaban J connectivity index is 1.53. The minimum absolute atomic E-state index is 0.432. The molecule has 3 atom stereocenters. The highest BCUT2D eigenvalue weighted by atomic mass is 16.5. The Morgan fingerprint density at radius 2 is 1.52 bits per heavy atom. The molecule has 0 aromatic heterocycles. The molecule has 0 amide bonds. The van der Waals surface area contributed by atoms with Crippen molar-refractivity contribution in [2.45, 2.75) is 38.5 Å². The van der Waals surface area contributed by atoms with E-state index in [0.29, 0.717) is 19.2 Å². The van der Waals surface area contributed by atoms with Crippen molar-refractivity contribution in [3.63, 3.8) is 0 Å². The Bertz CT molecular complexity index is 893. The highest BCUT2D eigenvalue weighted by Crippen LogP contribution is 2.18. The number of hydrogen-bond acceptors (Lipinski definition) is 2. The molecule has 3 rings (SSSR count). The number of hydrogen-bond donors (Lipinski definition) is 2. The molecule has 0 heterocycles. The van der Waals surface area contributed by atoms with Crippen LogP contribution in [0.4, 0.5) is 0 Å². The van der Waals surface area contributed by atoms with Crippen LogP contribution < -0.4 is 9.64 Å². The van der Waals surface area contributed by atoms with Gasteiger partial charge in [0, 0.05) is 6.42 Å². The summed E-state index contributed by atoms with van der Waals surface area (Å²) in [7, 11) is 0. The third-order valence-corrected chi connectivity index (χ3v) is 5.78. The maximum absolute atomic E-state index is 10.9. The second-order valence-corrected chi connectivity index (χ2v) is 8.14. The lowest BCUT2D eigenvalue weighted by Crippen LogP contribution is -3.15. The molecule has 0 saturated carbocycles. The fourth-order valence-corrected chi connectivity index (χ4v) is 3.80. The second-order valence-electron chi connectivity index (χ2n) is 8.14. The molecular formula is C28H34NO2+. The van der Waals surface area contributed by atoms with Gasteiger partial charge in [-0.3, -0.25) is 0 Å². The monoisotopic (exact) mass is 416 g/mol. The molecule has 0 aliphatic rings. The smallest absolute Gasteiger partial charge is 0.128 e. The van der Waals surface area contributed by atoms with Crippen LogP contribution in [0.2, 0.25) is 0 Å². The number of ether oxygens (including phenoxy) is 1. The molecule has 3 nitrogen and oxygen atoms in total. The quantitative estimate of drug-likeness (QED) is 0.429. The summed E-state index contributed by atoms with van der Waals surface area (Å²) in [5, 5.41) is 10.9. The van der Waals surface area contributed by atoms with Gasteiger partial charge in [0.15, 0.2) is 0 Å². The van der Waals surface area contributed by atoms with E-state index in [0.717, 1.165) is 36.3 Å². The third-order valence-electron chi connectivity index (χ3n) is 5.78. The first-order valence-electron chi connectivity index (χ1n) is 11.1. The van der Waals surface area contributed by atoms with E-state index in [-0.39, 0.29) is 0 Å². The summed E-state index contributed by atoms with van der Waals surface area (Å²) in [5.41, 5.74) is 3.42. The van der Waals surface area contributed by atoms with Gasteiger partial charge in [0.1, 0.15) is 25.0 Å². The normalized spacial score (nSPS) is 13.9. The first kappa shape index (κ1) is 22.8. The van der Waals surface area contributed by atoms with Crippen LogP contribution in [-0.2, 0) is 13.0 Å². The summed E-state index contributed by atoms with van der Waals surface area (Å²) in [6.45, 7) is 8.22. The summed E-state index contributed by atoms with van der Waals surface area (Å²) in [4.78, 5) is 1.35. The summed E-state index contributed by atoms with van der Waals surface area (Å²) >= 11 is 0. The van der Waals surface area contributed by atoms with Gasteiger partial charge in [-0.05, 0) is 48.2 Å². The van der Waals surface area contributed by atoms with Crippen LogP contribution in [0.1, 0.15) is 36.1 Å². The molecule has 3 aromatic rings. The molecule has 0 fully saturated rings. The predicted molar refractivity (Wildman–Crippen MR) is 127 cm³/mol. The molecule has 2 N–H and O–H groups in total. The molecule has 3 unspecified atom stereocenters. The number of benzene rings is 3. The maximum atomic E-state index is 10.9. The van der Waals surface area contributed by atoms with Crippen LogP contribution in [0.15, 0.2) is 97.6 Å². The van der Waals surface area contributed by atoms with Gasteiger partial charge in [0.25, 0.3) is 0 Å². The second kappa shape index (κ2) is 12.1. The zero-order chi connectivity index (χ0) is 21.9. The van der Waals surface area contributed by atoms with Crippen LogP contribution in [0, 0.1) is 0 Å². The summed E-state index contributed by atoms with van der Waals surface area (Å²) in [5.74, 6) is 0.811. The van der Waals surface area contributed by atoms with Crippen molar-refractivity contribution in [2.75, 3.05) is 13.1 Å². The Morgan fingerprint density at radius 3 is 2.13 bits per heavy atom. The minimum atomic E-state index is -0.516. The molecule has 3 heteroatoms. The molecule has 3 aromatic carbocycles. The number of nitrogens with one attached hydrogen (secondary N) is 1. The average Bonchev–Trinajstić information content (AvgIpc) is 2.82. The summed E-state index contributed by atoms with van der Waals surface area (Å²) < 4.78 is 5.86. The van der Waals surface area contributed by atoms with Gasteiger partial charge in [-0.2, -0.15) is 0 Å². The van der Waals surface area contributed by atoms with E-state index in [1.807, 2.05) is 60.7 Å². The largest absolute Gasteiger partial charge is 0.489 e. The van der Waals surface area contributed by atoms with Crippen molar-refractivity contribution < 1.29 is 14.7 Å². The van der Waals surface area contributed by atoms with Crippen molar-refractivity contribution in [1.29, 1.82) is 0 Å². The molecule has 0 aliphatic heterocycles. The van der Waals surface area contributed by atoms with Crippen molar-refractivity contribution in [2.24, 2.45) is 0 Å². The molecule has 0 spiro atoms. The first-order valence-corrected chi connectivity index (χ1v) is 11.1. The lowest BCUT2D eigenvalue weighted by Gasteiger charge is -2.27. The van der Waals surface area contributed by atoms with Crippen molar-refractivity contribution in [3.8, 4) is 5.75 Å². The van der Waals surface area contributed by atoms with E-state index in [1.165, 1.54) is 10.5 Å². The molecule has 0 radical (unpaired) electrons. The van der Waals surface area contributed by atoms with E-state index in [2.05, 4.69) is 43.8 Å². The van der Waals surface area contributed by atoms with Crippen LogP contribution in [0.3, 0.4) is 0 Å². The van der Waals surface area contributed by atoms with Gasteiger partial charge in [0.05, 0.1) is 12.6 Å². The molecule has 0 bridgehead atoms. The van der Waals surface area contributed by atoms with E-state index < -0.39 is 6.10 Å². The van der Waals surface area contributed by atoms with Gasteiger partial charge in [0.2, 0.25) is 0 Å². The Kier molecular flexibility index (Phi) is 8.89. The highest BCUT2D eigenvalue weighted by Gasteiger charge is 2.21. The van der Waals surface area contributed by atoms with Crippen molar-refractivity contribution in [1.82, 2.24) is 0 Å². The van der Waals surface area contributed by atoms with Crippen LogP contribution >= 0.6 is 0 Å². The van der Waals surface area contributed by atoms with Crippen LogP contribution in [-0.4, -0.2) is 24.2 Å². The van der Waals surface area contributed by atoms with Gasteiger partial charge in [-0.25, -0.2) is 0 Å². The van der Waals surface area contributed by atoms with Gasteiger partial charge in [-0.1, -0.05) is 79.4 Å². The van der Waals surface area contributed by atoms with E-state index in [9.17, 15) is 5.11 Å². The zero-order valence-corrected chi connectivity index (χ0v) is 18.4. The number of aryl methyl sites for hydroxylation is 1. The number of quaternary nitrogens is 1. The number of aliphatic hydroxyl groups is 1. The Morgan fingerprint density at radius 1 is 0.903 bits per heavy atom. The number of aliphatic hydroxyl groups excluding tert-OH is 1. The fraction of sp³-hybridized carbons (Fsp3) is 0.286. The molecular weight excluding hydrogens is 382 g/mol. The SMILES string of the molecule is C=CC[NH+](CC(O)c1ccc(OCc2ccccc2)cc1)C(C)CCc1ccccc1. The molecule has 31 heavy (non-hydrogen) atoms. The van der Waals surface area contributed by atoms with Crippen LogP contribution in [0.5, 0.6) is 5.75 Å². The van der Waals surface area contributed by atoms with Crippen LogP contribution in [0.25, 0.3) is 0 Å². The topological polar surface area (TPSA) is 33.9 Å². The van der Waals surface area contributed by atoms with E-state index in [4.69, 9.17) is 4.74 Å².